The minimum atomic E-state index is -4.43. The highest BCUT2D eigenvalue weighted by atomic mass is 35.5. The molecule has 1 aromatic heterocycles. The molecule has 34 heavy (non-hydrogen) atoms. The lowest BCUT2D eigenvalue weighted by atomic mass is 10.0. The van der Waals surface area contributed by atoms with Crippen LogP contribution in [0.4, 0.5) is 23.8 Å². The molecule has 0 radical (unpaired) electrons. The third-order valence-electron chi connectivity index (χ3n) is 5.48. The van der Waals surface area contributed by atoms with Crippen molar-refractivity contribution < 1.29 is 22.7 Å². The largest absolute Gasteiger partial charge is 0.450 e. The van der Waals surface area contributed by atoms with Gasteiger partial charge < -0.3 is 19.9 Å². The van der Waals surface area contributed by atoms with Crippen molar-refractivity contribution in [3.8, 4) is 11.3 Å². The molecule has 7 nitrogen and oxygen atoms in total. The first-order valence-corrected chi connectivity index (χ1v) is 11.0. The highest BCUT2D eigenvalue weighted by molar-refractivity contribution is 6.33. The molecule has 0 saturated carbocycles. The standard InChI is InChI=1S/C23H23ClF3N5O2/c1-3-34-22(33)29-16-11-32(12-16)19-10-28-20(14-4-6-15(7-5-14)23(25,26)27)21(30-19)17-8-9-31(2)13-18(17)24/h4-10,16H,3,11-13H2,1-2H3,(H,29,33). The fourth-order valence-electron chi connectivity index (χ4n) is 3.70. The highest BCUT2D eigenvalue weighted by Crippen LogP contribution is 2.35. The molecule has 0 atom stereocenters. The molecule has 1 aromatic carbocycles. The Bertz CT molecular complexity index is 1130. The predicted octanol–water partition coefficient (Wildman–Crippen LogP) is 4.51. The van der Waals surface area contributed by atoms with Crippen LogP contribution in [0.5, 0.6) is 0 Å². The molecule has 1 fully saturated rings. The summed E-state index contributed by atoms with van der Waals surface area (Å²) in [5, 5.41) is 3.32. The van der Waals surface area contributed by atoms with Crippen LogP contribution in [0.2, 0.25) is 0 Å². The summed E-state index contributed by atoms with van der Waals surface area (Å²) in [5.41, 5.74) is 1.33. The summed E-state index contributed by atoms with van der Waals surface area (Å²) in [5.74, 6) is 0.580. The minimum Gasteiger partial charge on any atom is -0.450 e. The zero-order valence-corrected chi connectivity index (χ0v) is 19.3. The van der Waals surface area contributed by atoms with Crippen LogP contribution in [0, 0.1) is 0 Å². The molecule has 0 unspecified atom stereocenters. The maximum atomic E-state index is 13.0. The lowest BCUT2D eigenvalue weighted by molar-refractivity contribution is -0.137. The SMILES string of the molecule is CCOC(=O)NC1CN(c2cnc(-c3ccc(C(F)(F)F)cc3)c(C3=C(Cl)CN(C)C=C3)n2)C1. The number of hydrogen-bond acceptors (Lipinski definition) is 6. The van der Waals surface area contributed by atoms with E-state index in [2.05, 4.69) is 10.3 Å². The Kier molecular flexibility index (Phi) is 6.70. The van der Waals surface area contributed by atoms with Gasteiger partial charge in [-0.25, -0.2) is 9.78 Å². The molecule has 11 heteroatoms. The molecular weight excluding hydrogens is 471 g/mol. The van der Waals surface area contributed by atoms with Crippen LogP contribution < -0.4 is 10.2 Å². The Labute approximate surface area is 199 Å². The van der Waals surface area contributed by atoms with Gasteiger partial charge in [0.1, 0.15) is 11.5 Å². The molecule has 0 bridgehead atoms. The first-order chi connectivity index (χ1) is 16.2. The molecule has 0 aliphatic carbocycles. The average molecular weight is 494 g/mol. The summed E-state index contributed by atoms with van der Waals surface area (Å²) >= 11 is 6.54. The van der Waals surface area contributed by atoms with Crippen molar-refractivity contribution >= 4 is 29.1 Å². The zero-order valence-electron chi connectivity index (χ0n) is 18.6. The van der Waals surface area contributed by atoms with E-state index >= 15 is 0 Å². The summed E-state index contributed by atoms with van der Waals surface area (Å²) in [7, 11) is 1.88. The van der Waals surface area contributed by atoms with Crippen molar-refractivity contribution in [1.82, 2.24) is 20.2 Å². The number of allylic oxidation sites excluding steroid dienone is 2. The number of rotatable bonds is 5. The van der Waals surface area contributed by atoms with Gasteiger partial charge in [0.25, 0.3) is 0 Å². The molecule has 1 saturated heterocycles. The number of nitrogens with zero attached hydrogens (tertiary/aromatic N) is 4. The monoisotopic (exact) mass is 493 g/mol. The topological polar surface area (TPSA) is 70.6 Å². The van der Waals surface area contributed by atoms with E-state index in [4.69, 9.17) is 21.3 Å². The number of likely N-dealkylation sites (N-methyl/N-ethyl adjacent to an activating group) is 1. The van der Waals surface area contributed by atoms with Crippen molar-refractivity contribution in [1.29, 1.82) is 0 Å². The fraction of sp³-hybridized carbons (Fsp3) is 0.348. The zero-order chi connectivity index (χ0) is 24.5. The van der Waals surface area contributed by atoms with Gasteiger partial charge in [0, 0.05) is 36.3 Å². The number of halogens is 4. The number of amides is 1. The summed E-state index contributed by atoms with van der Waals surface area (Å²) in [4.78, 5) is 24.8. The van der Waals surface area contributed by atoms with Gasteiger partial charge >= 0.3 is 12.3 Å². The number of hydrogen-bond donors (Lipinski definition) is 1. The Hall–Kier alpha value is -3.27. The van der Waals surface area contributed by atoms with Crippen molar-refractivity contribution in [2.24, 2.45) is 0 Å². The van der Waals surface area contributed by atoms with E-state index in [0.29, 0.717) is 59.6 Å². The summed E-state index contributed by atoms with van der Waals surface area (Å²) in [6.45, 7) is 3.55. The maximum absolute atomic E-state index is 13.0. The van der Waals surface area contributed by atoms with Crippen LogP contribution >= 0.6 is 11.6 Å². The van der Waals surface area contributed by atoms with Gasteiger partial charge in [-0.05, 0) is 31.3 Å². The van der Waals surface area contributed by atoms with Crippen LogP contribution in [0.1, 0.15) is 18.2 Å². The quantitative estimate of drug-likeness (QED) is 0.661. The van der Waals surface area contributed by atoms with Gasteiger partial charge in [0.2, 0.25) is 0 Å². The van der Waals surface area contributed by atoms with E-state index in [9.17, 15) is 18.0 Å². The van der Waals surface area contributed by atoms with Crippen molar-refractivity contribution in [2.45, 2.75) is 19.1 Å². The molecule has 2 aliphatic heterocycles. The summed E-state index contributed by atoms with van der Waals surface area (Å²) < 4.78 is 43.9. The van der Waals surface area contributed by atoms with Gasteiger partial charge in [-0.2, -0.15) is 13.2 Å². The number of anilines is 1. The second kappa shape index (κ2) is 9.54. The van der Waals surface area contributed by atoms with Crippen molar-refractivity contribution in [3.05, 3.63) is 59.0 Å². The molecule has 3 heterocycles. The van der Waals surface area contributed by atoms with E-state index in [1.807, 2.05) is 29.1 Å². The first kappa shape index (κ1) is 23.9. The van der Waals surface area contributed by atoms with Gasteiger partial charge in [-0.15, -0.1) is 0 Å². The number of ether oxygens (including phenoxy) is 1. The Morgan fingerprint density at radius 1 is 1.24 bits per heavy atom. The number of alkyl halides is 3. The molecule has 180 valence electrons. The van der Waals surface area contributed by atoms with Crippen molar-refractivity contribution in [2.75, 3.05) is 38.2 Å². The van der Waals surface area contributed by atoms with E-state index < -0.39 is 17.8 Å². The molecule has 2 aliphatic rings. The van der Waals surface area contributed by atoms with Crippen LogP contribution in [0.15, 0.2) is 47.8 Å². The normalized spacial score (nSPS) is 16.5. The van der Waals surface area contributed by atoms with Crippen LogP contribution in [0.3, 0.4) is 0 Å². The summed E-state index contributed by atoms with van der Waals surface area (Å²) in [6.07, 6.45) is 0.351. The highest BCUT2D eigenvalue weighted by Gasteiger charge is 2.32. The maximum Gasteiger partial charge on any atom is 0.416 e. The van der Waals surface area contributed by atoms with E-state index in [1.54, 1.807) is 13.1 Å². The predicted molar refractivity (Wildman–Crippen MR) is 123 cm³/mol. The molecule has 1 N–H and O–H groups in total. The summed E-state index contributed by atoms with van der Waals surface area (Å²) in [6, 6.07) is 4.73. The van der Waals surface area contributed by atoms with Gasteiger partial charge in [0.05, 0.1) is 36.6 Å². The van der Waals surface area contributed by atoms with Crippen molar-refractivity contribution in [3.63, 3.8) is 0 Å². The number of carbonyl (C=O) groups excluding carboxylic acids is 1. The smallest absolute Gasteiger partial charge is 0.416 e. The second-order valence-corrected chi connectivity index (χ2v) is 8.47. The van der Waals surface area contributed by atoms with E-state index in [0.717, 1.165) is 12.1 Å². The fourth-order valence-corrected chi connectivity index (χ4v) is 4.04. The van der Waals surface area contributed by atoms with Crippen LogP contribution in [-0.2, 0) is 10.9 Å². The Morgan fingerprint density at radius 3 is 2.56 bits per heavy atom. The van der Waals surface area contributed by atoms with Crippen LogP contribution in [0.25, 0.3) is 16.8 Å². The number of nitrogens with one attached hydrogen (secondary N) is 1. The number of carbonyl (C=O) groups is 1. The first-order valence-electron chi connectivity index (χ1n) is 10.7. The van der Waals surface area contributed by atoms with Gasteiger partial charge in [-0.1, -0.05) is 23.7 Å². The lowest BCUT2D eigenvalue weighted by Crippen LogP contribution is -2.59. The Morgan fingerprint density at radius 2 is 1.94 bits per heavy atom. The van der Waals surface area contributed by atoms with Crippen LogP contribution in [-0.4, -0.2) is 60.3 Å². The average Bonchev–Trinajstić information content (AvgIpc) is 2.75. The van der Waals surface area contributed by atoms with E-state index in [-0.39, 0.29) is 6.04 Å². The molecule has 0 spiro atoms. The third kappa shape index (κ3) is 5.11. The van der Waals surface area contributed by atoms with Gasteiger partial charge in [0.15, 0.2) is 0 Å². The second-order valence-electron chi connectivity index (χ2n) is 8.02. The minimum absolute atomic E-state index is 0.0788. The molecular formula is C23H23ClF3N5O2. The van der Waals surface area contributed by atoms with E-state index in [1.165, 1.54) is 12.1 Å². The molecule has 4 rings (SSSR count). The molecule has 2 aromatic rings. The molecule has 1 amide bonds. The number of aromatic nitrogens is 2. The lowest BCUT2D eigenvalue weighted by Gasteiger charge is -2.40. The number of benzene rings is 1. The Balaban J connectivity index is 1.65. The third-order valence-corrected chi connectivity index (χ3v) is 5.80. The van der Waals surface area contributed by atoms with Gasteiger partial charge in [-0.3, -0.25) is 4.98 Å². The number of alkyl carbamates (subject to hydrolysis) is 1.